The first-order chi connectivity index (χ1) is 15.1. The summed E-state index contributed by atoms with van der Waals surface area (Å²) in [6.07, 6.45) is 7.89. The number of aromatic amines is 1. The molecule has 0 unspecified atom stereocenters. The number of hydrogen-bond donors (Lipinski definition) is 1. The van der Waals surface area contributed by atoms with E-state index < -0.39 is 0 Å². The molecule has 0 bridgehead atoms. The maximum atomic E-state index is 13.3. The molecule has 0 spiro atoms. The highest BCUT2D eigenvalue weighted by molar-refractivity contribution is 5.91. The van der Waals surface area contributed by atoms with E-state index in [-0.39, 0.29) is 29.7 Å². The molecule has 0 amide bonds. The molecule has 1 aliphatic carbocycles. The summed E-state index contributed by atoms with van der Waals surface area (Å²) in [6, 6.07) is 5.44. The topological polar surface area (TPSA) is 108 Å². The fourth-order valence-corrected chi connectivity index (χ4v) is 4.56. The molecule has 5 rings (SSSR count). The highest BCUT2D eigenvalue weighted by atomic mass is 16.5. The fraction of sp³-hybridized carbons (Fsp3) is 0.409. The molecule has 4 aromatic heterocycles. The third-order valence-corrected chi connectivity index (χ3v) is 6.21. The van der Waals surface area contributed by atoms with Crippen molar-refractivity contribution in [2.45, 2.75) is 45.3 Å². The summed E-state index contributed by atoms with van der Waals surface area (Å²) < 4.78 is 8.21. The van der Waals surface area contributed by atoms with Crippen LogP contribution in [0, 0.1) is 5.92 Å². The Balaban J connectivity index is 1.66. The van der Waals surface area contributed by atoms with E-state index in [1.54, 1.807) is 25.4 Å². The predicted octanol–water partition coefficient (Wildman–Crippen LogP) is 2.72. The summed E-state index contributed by atoms with van der Waals surface area (Å²) in [5.74, 6) is 1.19. The molecule has 9 nitrogen and oxygen atoms in total. The number of ether oxygens (including phenoxy) is 1. The van der Waals surface area contributed by atoms with E-state index in [0.29, 0.717) is 33.5 Å². The van der Waals surface area contributed by atoms with Gasteiger partial charge in [-0.05, 0) is 37.0 Å². The lowest BCUT2D eigenvalue weighted by Crippen LogP contribution is -2.30. The molecule has 1 N–H and O–H groups in total. The van der Waals surface area contributed by atoms with Crippen molar-refractivity contribution >= 4 is 21.8 Å². The van der Waals surface area contributed by atoms with Crippen molar-refractivity contribution < 1.29 is 4.74 Å². The zero-order valence-corrected chi connectivity index (χ0v) is 17.5. The summed E-state index contributed by atoms with van der Waals surface area (Å²) >= 11 is 0. The van der Waals surface area contributed by atoms with Gasteiger partial charge in [0.05, 0.1) is 21.8 Å². The van der Waals surface area contributed by atoms with Gasteiger partial charge < -0.3 is 9.30 Å². The van der Waals surface area contributed by atoms with Gasteiger partial charge in [-0.1, -0.05) is 19.8 Å². The number of nitrogens with zero attached hydrogens (tertiary/aromatic N) is 5. The van der Waals surface area contributed by atoms with Crippen molar-refractivity contribution in [2.75, 3.05) is 7.11 Å². The monoisotopic (exact) mass is 420 g/mol. The Morgan fingerprint density at radius 1 is 1.06 bits per heavy atom. The van der Waals surface area contributed by atoms with Crippen LogP contribution >= 0.6 is 0 Å². The van der Waals surface area contributed by atoms with Gasteiger partial charge in [-0.2, -0.15) is 4.98 Å². The number of nitrogens with one attached hydrogen (secondary N) is 1. The Hall–Kier alpha value is -3.33. The highest BCUT2D eigenvalue weighted by Gasteiger charge is 2.24. The fourth-order valence-electron chi connectivity index (χ4n) is 4.56. The standard InChI is InChI=1S/C22H24N6O3/c1-13-5-3-4-6-18(13)27-9-7-16-14(20(27)29)11-15-17(23-16)8-10-28(21(15)30)22-24-19(12-31-2)25-26-22/h7-11,13,18H,3-6,12H2,1-2H3,(H,24,25,26)/t13-,18+/m1/s1. The van der Waals surface area contributed by atoms with Crippen LogP contribution in [0.2, 0.25) is 0 Å². The average Bonchev–Trinajstić information content (AvgIpc) is 3.23. The third kappa shape index (κ3) is 3.34. The molecule has 1 saturated carbocycles. The summed E-state index contributed by atoms with van der Waals surface area (Å²) in [6.45, 7) is 2.47. The Morgan fingerprint density at radius 2 is 1.81 bits per heavy atom. The van der Waals surface area contributed by atoms with Crippen LogP contribution in [0.1, 0.15) is 44.5 Å². The minimum absolute atomic E-state index is 0.0965. The first-order valence-electron chi connectivity index (χ1n) is 10.5. The van der Waals surface area contributed by atoms with Crippen LogP contribution < -0.4 is 11.1 Å². The molecule has 4 aromatic rings. The van der Waals surface area contributed by atoms with Crippen LogP contribution in [-0.4, -0.2) is 36.4 Å². The summed E-state index contributed by atoms with van der Waals surface area (Å²) in [5, 5.41) is 7.67. The van der Waals surface area contributed by atoms with Crippen LogP contribution in [0.25, 0.3) is 27.8 Å². The summed E-state index contributed by atoms with van der Waals surface area (Å²) in [4.78, 5) is 35.4. The number of aromatic nitrogens is 6. The molecule has 160 valence electrons. The minimum Gasteiger partial charge on any atom is -0.377 e. The van der Waals surface area contributed by atoms with Gasteiger partial charge in [-0.15, -0.1) is 5.10 Å². The van der Waals surface area contributed by atoms with E-state index in [1.165, 1.54) is 11.0 Å². The Kier molecular flexibility index (Phi) is 4.90. The van der Waals surface area contributed by atoms with Crippen LogP contribution in [0.15, 0.2) is 40.2 Å². The van der Waals surface area contributed by atoms with E-state index in [2.05, 4.69) is 27.1 Å². The van der Waals surface area contributed by atoms with Gasteiger partial charge in [-0.3, -0.25) is 14.7 Å². The lowest BCUT2D eigenvalue weighted by molar-refractivity contribution is 0.178. The van der Waals surface area contributed by atoms with Gasteiger partial charge in [0.1, 0.15) is 6.61 Å². The van der Waals surface area contributed by atoms with Gasteiger partial charge in [0.2, 0.25) is 0 Å². The second-order valence-corrected chi connectivity index (χ2v) is 8.22. The zero-order valence-electron chi connectivity index (χ0n) is 17.5. The van der Waals surface area contributed by atoms with Crippen molar-refractivity contribution in [1.29, 1.82) is 0 Å². The summed E-state index contributed by atoms with van der Waals surface area (Å²) in [7, 11) is 1.56. The van der Waals surface area contributed by atoms with Crippen molar-refractivity contribution in [1.82, 2.24) is 29.3 Å². The largest absolute Gasteiger partial charge is 0.377 e. The van der Waals surface area contributed by atoms with E-state index in [9.17, 15) is 9.59 Å². The van der Waals surface area contributed by atoms with Crippen molar-refractivity contribution in [3.8, 4) is 5.95 Å². The predicted molar refractivity (Wildman–Crippen MR) is 116 cm³/mol. The van der Waals surface area contributed by atoms with Crippen LogP contribution in [-0.2, 0) is 11.3 Å². The van der Waals surface area contributed by atoms with Crippen LogP contribution in [0.4, 0.5) is 0 Å². The van der Waals surface area contributed by atoms with E-state index >= 15 is 0 Å². The number of methoxy groups -OCH3 is 1. The van der Waals surface area contributed by atoms with Crippen molar-refractivity contribution in [2.24, 2.45) is 5.92 Å². The lowest BCUT2D eigenvalue weighted by atomic mass is 9.85. The second kappa shape index (κ2) is 7.73. The van der Waals surface area contributed by atoms with Gasteiger partial charge in [0.25, 0.3) is 17.1 Å². The molecule has 9 heteroatoms. The van der Waals surface area contributed by atoms with Crippen molar-refractivity contribution in [3.63, 3.8) is 0 Å². The second-order valence-electron chi connectivity index (χ2n) is 8.22. The molecule has 0 aliphatic heterocycles. The maximum absolute atomic E-state index is 13.3. The zero-order chi connectivity index (χ0) is 21.5. The number of rotatable bonds is 4. The maximum Gasteiger partial charge on any atom is 0.267 e. The molecule has 2 atom stereocenters. The molecule has 0 radical (unpaired) electrons. The van der Waals surface area contributed by atoms with E-state index in [4.69, 9.17) is 4.74 Å². The number of fused-ring (bicyclic) bond motifs is 2. The quantitative estimate of drug-likeness (QED) is 0.509. The molecular formula is C22H24N6O3. The highest BCUT2D eigenvalue weighted by Crippen LogP contribution is 2.32. The first-order valence-corrected chi connectivity index (χ1v) is 10.5. The molecule has 31 heavy (non-hydrogen) atoms. The normalized spacial score (nSPS) is 19.3. The van der Waals surface area contributed by atoms with Crippen LogP contribution in [0.3, 0.4) is 0 Å². The third-order valence-electron chi connectivity index (χ3n) is 6.21. The Labute approximate surface area is 177 Å². The van der Waals surface area contributed by atoms with Crippen LogP contribution in [0.5, 0.6) is 0 Å². The molecule has 1 fully saturated rings. The molecule has 0 aromatic carbocycles. The molecule has 0 saturated heterocycles. The lowest BCUT2D eigenvalue weighted by Gasteiger charge is -2.30. The smallest absolute Gasteiger partial charge is 0.267 e. The minimum atomic E-state index is -0.323. The van der Waals surface area contributed by atoms with E-state index in [0.717, 1.165) is 19.3 Å². The number of pyridine rings is 3. The Bertz CT molecular complexity index is 1390. The van der Waals surface area contributed by atoms with Gasteiger partial charge in [-0.25, -0.2) is 9.55 Å². The first kappa shape index (κ1) is 19.6. The molecular weight excluding hydrogens is 396 g/mol. The van der Waals surface area contributed by atoms with Gasteiger partial charge in [0, 0.05) is 25.5 Å². The average molecular weight is 420 g/mol. The van der Waals surface area contributed by atoms with E-state index in [1.807, 2.05) is 16.8 Å². The number of hydrogen-bond acceptors (Lipinski definition) is 6. The van der Waals surface area contributed by atoms with Gasteiger partial charge in [0.15, 0.2) is 5.82 Å². The summed E-state index contributed by atoms with van der Waals surface area (Å²) in [5.41, 5.74) is 0.704. The number of H-pyrrole nitrogens is 1. The SMILES string of the molecule is COCc1nc(-n2ccc3nc4ccn([C@H]5CCCC[C@H]5C)c(=O)c4cc3c2=O)n[nH]1. The van der Waals surface area contributed by atoms with Crippen molar-refractivity contribution in [3.05, 3.63) is 57.1 Å². The molecule has 4 heterocycles. The Morgan fingerprint density at radius 3 is 2.58 bits per heavy atom. The van der Waals surface area contributed by atoms with Gasteiger partial charge >= 0.3 is 0 Å². The molecule has 1 aliphatic rings.